The number of rotatable bonds is 8. The number of benzene rings is 2. The van der Waals surface area contributed by atoms with E-state index >= 15 is 0 Å². The molecular weight excluding hydrogens is 412 g/mol. The molecule has 1 saturated heterocycles. The minimum Gasteiger partial charge on any atom is -0.493 e. The standard InChI is InChI=1S/C24H24N2O6/c1-5-9-16-12-15(14-20(30-3)21(16)31-4)13-17-22(27)25-24(29)26(23(17)28)18-10-7-8-11-19(18)32-6-2/h5,7-8,10-14H,1,6,9H2,2-4H3,(H,25,27,29)/b17-13+. The fourth-order valence-electron chi connectivity index (χ4n) is 3.42. The van der Waals surface area contributed by atoms with Crippen molar-refractivity contribution in [3.8, 4) is 17.2 Å². The fourth-order valence-corrected chi connectivity index (χ4v) is 3.42. The molecule has 8 nitrogen and oxygen atoms in total. The minimum atomic E-state index is -0.844. The lowest BCUT2D eigenvalue weighted by atomic mass is 10.0. The van der Waals surface area contributed by atoms with Crippen molar-refractivity contribution in [3.63, 3.8) is 0 Å². The first-order valence-electron chi connectivity index (χ1n) is 9.94. The van der Waals surface area contributed by atoms with Gasteiger partial charge in [-0.3, -0.25) is 14.9 Å². The number of urea groups is 1. The van der Waals surface area contributed by atoms with Gasteiger partial charge in [-0.1, -0.05) is 18.2 Å². The Labute approximate surface area is 186 Å². The third kappa shape index (κ3) is 4.34. The molecule has 0 aliphatic carbocycles. The number of anilines is 1. The SMILES string of the molecule is C=CCc1cc(/C=C2\C(=O)NC(=O)N(c3ccccc3OCC)C2=O)cc(OC)c1OC. The molecule has 0 spiro atoms. The normalized spacial score (nSPS) is 14.9. The van der Waals surface area contributed by atoms with E-state index in [1.807, 2.05) is 0 Å². The lowest BCUT2D eigenvalue weighted by Crippen LogP contribution is -2.54. The third-order valence-corrected chi connectivity index (χ3v) is 4.76. The lowest BCUT2D eigenvalue weighted by molar-refractivity contribution is -0.122. The summed E-state index contributed by atoms with van der Waals surface area (Å²) in [6.07, 6.45) is 3.61. The predicted octanol–water partition coefficient (Wildman–Crippen LogP) is 3.50. The minimum absolute atomic E-state index is 0.201. The number of hydrogen-bond donors (Lipinski definition) is 1. The van der Waals surface area contributed by atoms with Crippen LogP contribution in [0.2, 0.25) is 0 Å². The molecule has 1 heterocycles. The number of ether oxygens (including phenoxy) is 3. The van der Waals surface area contributed by atoms with Crippen LogP contribution in [0.4, 0.5) is 10.5 Å². The van der Waals surface area contributed by atoms with Gasteiger partial charge in [-0.05, 0) is 49.2 Å². The summed E-state index contributed by atoms with van der Waals surface area (Å²) < 4.78 is 16.4. The summed E-state index contributed by atoms with van der Waals surface area (Å²) in [5, 5.41) is 2.22. The molecule has 3 rings (SSSR count). The van der Waals surface area contributed by atoms with Gasteiger partial charge in [0.25, 0.3) is 11.8 Å². The Morgan fingerprint density at radius 2 is 1.81 bits per heavy atom. The highest BCUT2D eigenvalue weighted by Gasteiger charge is 2.38. The first-order chi connectivity index (χ1) is 15.4. The maximum atomic E-state index is 13.2. The van der Waals surface area contributed by atoms with Crippen LogP contribution in [0.5, 0.6) is 17.2 Å². The Morgan fingerprint density at radius 3 is 2.47 bits per heavy atom. The third-order valence-electron chi connectivity index (χ3n) is 4.76. The quantitative estimate of drug-likeness (QED) is 0.387. The van der Waals surface area contributed by atoms with E-state index < -0.39 is 17.8 Å². The molecule has 2 aromatic carbocycles. The molecule has 166 valence electrons. The monoisotopic (exact) mass is 436 g/mol. The molecule has 0 bridgehead atoms. The van der Waals surface area contributed by atoms with Gasteiger partial charge < -0.3 is 14.2 Å². The summed E-state index contributed by atoms with van der Waals surface area (Å²) >= 11 is 0. The van der Waals surface area contributed by atoms with Crippen LogP contribution in [0.15, 0.2) is 54.6 Å². The van der Waals surface area contributed by atoms with E-state index in [0.29, 0.717) is 35.8 Å². The van der Waals surface area contributed by atoms with Crippen LogP contribution in [0, 0.1) is 0 Å². The number of para-hydroxylation sites is 2. The Bertz CT molecular complexity index is 1110. The molecule has 0 aromatic heterocycles. The van der Waals surface area contributed by atoms with E-state index in [9.17, 15) is 14.4 Å². The second kappa shape index (κ2) is 9.82. The molecule has 0 atom stereocenters. The van der Waals surface area contributed by atoms with Crippen LogP contribution in [-0.2, 0) is 16.0 Å². The van der Waals surface area contributed by atoms with Crippen molar-refractivity contribution >= 4 is 29.6 Å². The molecule has 0 saturated carbocycles. The van der Waals surface area contributed by atoms with Crippen LogP contribution < -0.4 is 24.4 Å². The zero-order chi connectivity index (χ0) is 23.3. The molecule has 2 aromatic rings. The van der Waals surface area contributed by atoms with Crippen molar-refractivity contribution in [3.05, 3.63) is 65.8 Å². The number of imide groups is 2. The number of carbonyl (C=O) groups excluding carboxylic acids is 3. The van der Waals surface area contributed by atoms with E-state index in [2.05, 4.69) is 11.9 Å². The number of nitrogens with one attached hydrogen (secondary N) is 1. The number of carbonyl (C=O) groups is 3. The molecule has 0 unspecified atom stereocenters. The Kier molecular flexibility index (Phi) is 6.94. The highest BCUT2D eigenvalue weighted by Crippen LogP contribution is 2.35. The summed E-state index contributed by atoms with van der Waals surface area (Å²) in [6.45, 7) is 5.89. The van der Waals surface area contributed by atoms with Crippen molar-refractivity contribution in [1.29, 1.82) is 0 Å². The van der Waals surface area contributed by atoms with Crippen LogP contribution in [0.25, 0.3) is 6.08 Å². The highest BCUT2D eigenvalue weighted by atomic mass is 16.5. The van der Waals surface area contributed by atoms with Gasteiger partial charge in [0.05, 0.1) is 26.5 Å². The number of barbiturate groups is 1. The lowest BCUT2D eigenvalue weighted by Gasteiger charge is -2.27. The first kappa shape index (κ1) is 22.6. The molecule has 8 heteroatoms. The fraction of sp³-hybridized carbons (Fsp3) is 0.208. The second-order valence-corrected chi connectivity index (χ2v) is 6.77. The summed E-state index contributed by atoms with van der Waals surface area (Å²) in [7, 11) is 3.02. The maximum absolute atomic E-state index is 13.2. The van der Waals surface area contributed by atoms with Gasteiger partial charge in [0, 0.05) is 5.56 Å². The highest BCUT2D eigenvalue weighted by molar-refractivity contribution is 6.39. The van der Waals surface area contributed by atoms with Crippen molar-refractivity contribution < 1.29 is 28.6 Å². The number of nitrogens with zero attached hydrogens (tertiary/aromatic N) is 1. The molecule has 0 radical (unpaired) electrons. The van der Waals surface area contributed by atoms with Crippen LogP contribution in [0.1, 0.15) is 18.1 Å². The molecule has 4 amide bonds. The van der Waals surface area contributed by atoms with E-state index in [-0.39, 0.29) is 11.3 Å². The average Bonchev–Trinajstić information content (AvgIpc) is 2.77. The molecular formula is C24H24N2O6. The molecule has 1 fully saturated rings. The Hall–Kier alpha value is -4.07. The van der Waals surface area contributed by atoms with Gasteiger partial charge in [-0.15, -0.1) is 6.58 Å². The molecule has 32 heavy (non-hydrogen) atoms. The van der Waals surface area contributed by atoms with Crippen LogP contribution in [0.3, 0.4) is 0 Å². The van der Waals surface area contributed by atoms with Crippen LogP contribution in [-0.4, -0.2) is 38.7 Å². The second-order valence-electron chi connectivity index (χ2n) is 6.77. The van der Waals surface area contributed by atoms with Gasteiger partial charge in [0.1, 0.15) is 11.3 Å². The zero-order valence-corrected chi connectivity index (χ0v) is 18.1. The largest absolute Gasteiger partial charge is 0.493 e. The van der Waals surface area contributed by atoms with E-state index in [1.54, 1.807) is 49.4 Å². The summed E-state index contributed by atoms with van der Waals surface area (Å²) in [6, 6.07) is 9.20. The zero-order valence-electron chi connectivity index (χ0n) is 18.1. The van der Waals surface area contributed by atoms with E-state index in [4.69, 9.17) is 14.2 Å². The molecule has 1 N–H and O–H groups in total. The Balaban J connectivity index is 2.09. The maximum Gasteiger partial charge on any atom is 0.336 e. The molecule has 1 aliphatic rings. The van der Waals surface area contributed by atoms with Gasteiger partial charge >= 0.3 is 6.03 Å². The first-order valence-corrected chi connectivity index (χ1v) is 9.94. The predicted molar refractivity (Wildman–Crippen MR) is 120 cm³/mol. The topological polar surface area (TPSA) is 94.2 Å². The summed E-state index contributed by atoms with van der Waals surface area (Å²) in [5.41, 5.74) is 1.35. The summed E-state index contributed by atoms with van der Waals surface area (Å²) in [4.78, 5) is 39.2. The van der Waals surface area contributed by atoms with Crippen molar-refractivity contribution in [1.82, 2.24) is 5.32 Å². The molecule has 1 aliphatic heterocycles. The van der Waals surface area contributed by atoms with Gasteiger partial charge in [0.2, 0.25) is 0 Å². The van der Waals surface area contributed by atoms with E-state index in [1.165, 1.54) is 20.3 Å². The van der Waals surface area contributed by atoms with Gasteiger partial charge in [-0.2, -0.15) is 0 Å². The Morgan fingerprint density at radius 1 is 1.06 bits per heavy atom. The van der Waals surface area contributed by atoms with Gasteiger partial charge in [-0.25, -0.2) is 9.69 Å². The number of allylic oxidation sites excluding steroid dienone is 1. The van der Waals surface area contributed by atoms with Gasteiger partial charge in [0.15, 0.2) is 11.5 Å². The van der Waals surface area contributed by atoms with Crippen molar-refractivity contribution in [2.45, 2.75) is 13.3 Å². The van der Waals surface area contributed by atoms with Crippen molar-refractivity contribution in [2.24, 2.45) is 0 Å². The summed E-state index contributed by atoms with van der Waals surface area (Å²) in [5.74, 6) is -0.212. The van der Waals surface area contributed by atoms with Crippen LogP contribution >= 0.6 is 0 Å². The number of amides is 4. The smallest absolute Gasteiger partial charge is 0.336 e. The average molecular weight is 436 g/mol. The number of hydrogen-bond acceptors (Lipinski definition) is 6. The van der Waals surface area contributed by atoms with Crippen molar-refractivity contribution in [2.75, 3.05) is 25.7 Å². The van der Waals surface area contributed by atoms with E-state index in [0.717, 1.165) is 10.5 Å². The number of methoxy groups -OCH3 is 2.